The summed E-state index contributed by atoms with van der Waals surface area (Å²) in [6.07, 6.45) is 8.72. The van der Waals surface area contributed by atoms with Gasteiger partial charge in [-0.1, -0.05) is 26.2 Å². The first-order chi connectivity index (χ1) is 8.02. The number of quaternary nitrogens is 1. The van der Waals surface area contributed by atoms with Gasteiger partial charge in [0.15, 0.2) is 6.04 Å². The van der Waals surface area contributed by atoms with Crippen molar-refractivity contribution in [3.8, 4) is 0 Å². The smallest absolute Gasteiger partial charge is 0.363 e. The Morgan fingerprint density at radius 3 is 2.65 bits per heavy atom. The van der Waals surface area contributed by atoms with Gasteiger partial charge in [0.1, 0.15) is 6.20 Å². The van der Waals surface area contributed by atoms with Gasteiger partial charge in [0, 0.05) is 13.3 Å². The Bertz CT molecular complexity index is 336. The molecule has 0 spiro atoms. The number of unbranched alkanes of at least 4 members (excludes halogenated alkanes) is 3. The standard InChI is InChI=1S/C13H22N2O2/c1-4-5-6-7-8-12(13(16)17)15(3)10-9-14-11(15)2/h9-10,12H,4-8H2,1-3H3/p+1. The first-order valence-corrected chi connectivity index (χ1v) is 6.33. The lowest BCUT2D eigenvalue weighted by Gasteiger charge is -2.32. The quantitative estimate of drug-likeness (QED) is 0.548. The third kappa shape index (κ3) is 3.16. The number of amidine groups is 1. The molecule has 0 aromatic carbocycles. The second kappa shape index (κ2) is 5.96. The molecule has 4 nitrogen and oxygen atoms in total. The highest BCUT2D eigenvalue weighted by molar-refractivity contribution is 5.80. The van der Waals surface area contributed by atoms with Crippen molar-refractivity contribution in [1.29, 1.82) is 0 Å². The summed E-state index contributed by atoms with van der Waals surface area (Å²) in [6, 6.07) is -0.408. The van der Waals surface area contributed by atoms with Crippen LogP contribution in [-0.4, -0.2) is 34.5 Å². The number of hydrogen-bond acceptors (Lipinski definition) is 2. The van der Waals surface area contributed by atoms with Crippen LogP contribution in [0.5, 0.6) is 0 Å². The highest BCUT2D eigenvalue weighted by Crippen LogP contribution is 2.23. The molecule has 0 radical (unpaired) electrons. The number of carboxylic acid groups (broad SMARTS) is 1. The van der Waals surface area contributed by atoms with E-state index in [0.717, 1.165) is 18.7 Å². The monoisotopic (exact) mass is 239 g/mol. The van der Waals surface area contributed by atoms with Gasteiger partial charge in [-0.2, -0.15) is 0 Å². The molecule has 1 heterocycles. The largest absolute Gasteiger partial charge is 0.477 e. The van der Waals surface area contributed by atoms with E-state index >= 15 is 0 Å². The molecule has 96 valence electrons. The molecule has 0 aromatic heterocycles. The van der Waals surface area contributed by atoms with Crippen LogP contribution in [-0.2, 0) is 4.79 Å². The number of likely N-dealkylation sites (N-methyl/N-ethyl adjacent to an activating group) is 1. The Hall–Kier alpha value is -1.16. The van der Waals surface area contributed by atoms with Gasteiger partial charge in [-0.15, -0.1) is 0 Å². The summed E-state index contributed by atoms with van der Waals surface area (Å²) in [4.78, 5) is 15.6. The van der Waals surface area contributed by atoms with E-state index < -0.39 is 12.0 Å². The number of nitrogens with zero attached hydrogens (tertiary/aromatic N) is 2. The zero-order valence-electron chi connectivity index (χ0n) is 11.0. The molecule has 0 bridgehead atoms. The molecule has 0 saturated carbocycles. The topological polar surface area (TPSA) is 49.7 Å². The highest BCUT2D eigenvalue weighted by Gasteiger charge is 2.41. The zero-order chi connectivity index (χ0) is 12.9. The average molecular weight is 239 g/mol. The van der Waals surface area contributed by atoms with E-state index in [-0.39, 0.29) is 0 Å². The summed E-state index contributed by atoms with van der Waals surface area (Å²) in [7, 11) is 1.92. The number of aliphatic carboxylic acids is 1. The van der Waals surface area contributed by atoms with Crippen LogP contribution in [0.2, 0.25) is 0 Å². The lowest BCUT2D eigenvalue weighted by Crippen LogP contribution is -2.53. The van der Waals surface area contributed by atoms with Crippen LogP contribution < -0.4 is 0 Å². The van der Waals surface area contributed by atoms with Crippen LogP contribution >= 0.6 is 0 Å². The van der Waals surface area contributed by atoms with Gasteiger partial charge >= 0.3 is 5.97 Å². The molecule has 0 aromatic rings. The maximum atomic E-state index is 11.4. The van der Waals surface area contributed by atoms with E-state index in [4.69, 9.17) is 0 Å². The number of carboxylic acids is 1. The Morgan fingerprint density at radius 2 is 2.18 bits per heavy atom. The molecule has 17 heavy (non-hydrogen) atoms. The molecule has 0 aliphatic carbocycles. The lowest BCUT2D eigenvalue weighted by molar-refractivity contribution is -0.784. The summed E-state index contributed by atoms with van der Waals surface area (Å²) in [5, 5.41) is 9.37. The van der Waals surface area contributed by atoms with E-state index in [1.54, 1.807) is 6.20 Å². The van der Waals surface area contributed by atoms with E-state index in [2.05, 4.69) is 11.9 Å². The minimum atomic E-state index is -0.731. The summed E-state index contributed by atoms with van der Waals surface area (Å²) < 4.78 is 0.321. The van der Waals surface area contributed by atoms with Crippen LogP contribution in [0, 0.1) is 0 Å². The van der Waals surface area contributed by atoms with Crippen molar-refractivity contribution in [1.82, 2.24) is 0 Å². The van der Waals surface area contributed by atoms with Crippen molar-refractivity contribution in [2.75, 3.05) is 7.05 Å². The van der Waals surface area contributed by atoms with E-state index in [1.165, 1.54) is 12.8 Å². The maximum absolute atomic E-state index is 11.4. The van der Waals surface area contributed by atoms with Gasteiger partial charge in [0.05, 0.1) is 13.2 Å². The molecule has 2 atom stereocenters. The zero-order valence-corrected chi connectivity index (χ0v) is 11.0. The minimum absolute atomic E-state index is 0.321. The second-order valence-electron chi connectivity index (χ2n) is 4.83. The fourth-order valence-electron chi connectivity index (χ4n) is 2.23. The minimum Gasteiger partial charge on any atom is -0.477 e. The SMILES string of the molecule is CCCCCCC(C(=O)O)[N+]1(C)C=CN=C1C. The summed E-state index contributed by atoms with van der Waals surface area (Å²) >= 11 is 0. The number of carbonyl (C=O) groups is 1. The van der Waals surface area contributed by atoms with Crippen LogP contribution in [0.15, 0.2) is 17.4 Å². The predicted molar refractivity (Wildman–Crippen MR) is 68.6 cm³/mol. The van der Waals surface area contributed by atoms with Gasteiger partial charge in [-0.05, 0) is 6.42 Å². The van der Waals surface area contributed by atoms with Crippen LogP contribution in [0.3, 0.4) is 0 Å². The van der Waals surface area contributed by atoms with Gasteiger partial charge in [0.25, 0.3) is 0 Å². The van der Waals surface area contributed by atoms with Crippen molar-refractivity contribution >= 4 is 11.8 Å². The first kappa shape index (κ1) is 13.9. The third-order valence-corrected chi connectivity index (χ3v) is 3.60. The fourth-order valence-corrected chi connectivity index (χ4v) is 2.23. The Kier molecular flexibility index (Phi) is 4.87. The van der Waals surface area contributed by atoms with Crippen LogP contribution in [0.4, 0.5) is 0 Å². The second-order valence-corrected chi connectivity index (χ2v) is 4.83. The molecular weight excluding hydrogens is 216 g/mol. The molecule has 1 rings (SSSR count). The predicted octanol–water partition coefficient (Wildman–Crippen LogP) is 2.76. The molecule has 0 fully saturated rings. The van der Waals surface area contributed by atoms with Gasteiger partial charge in [-0.3, -0.25) is 0 Å². The highest BCUT2D eigenvalue weighted by atomic mass is 16.4. The molecule has 1 aliphatic rings. The van der Waals surface area contributed by atoms with Crippen LogP contribution in [0.1, 0.15) is 46.0 Å². The third-order valence-electron chi connectivity index (χ3n) is 3.60. The lowest BCUT2D eigenvalue weighted by atomic mass is 10.0. The van der Waals surface area contributed by atoms with E-state index in [0.29, 0.717) is 10.9 Å². The number of hydrogen-bond donors (Lipinski definition) is 1. The van der Waals surface area contributed by atoms with Gasteiger partial charge < -0.3 is 5.11 Å². The number of aliphatic imine (C=N–C) groups is 1. The average Bonchev–Trinajstić information content (AvgIpc) is 2.59. The Balaban J connectivity index is 2.64. The molecule has 0 saturated heterocycles. The normalized spacial score (nSPS) is 24.8. The van der Waals surface area contributed by atoms with Crippen LogP contribution in [0.25, 0.3) is 0 Å². The van der Waals surface area contributed by atoms with Crippen molar-refractivity contribution in [3.05, 3.63) is 12.4 Å². The Morgan fingerprint density at radius 1 is 1.47 bits per heavy atom. The van der Waals surface area contributed by atoms with E-state index in [9.17, 15) is 9.90 Å². The maximum Gasteiger partial charge on any atom is 0.363 e. The first-order valence-electron chi connectivity index (χ1n) is 6.33. The van der Waals surface area contributed by atoms with Gasteiger partial charge in [-0.25, -0.2) is 14.3 Å². The number of rotatable bonds is 7. The van der Waals surface area contributed by atoms with Crippen molar-refractivity contribution in [3.63, 3.8) is 0 Å². The van der Waals surface area contributed by atoms with Crippen molar-refractivity contribution in [2.45, 2.75) is 52.0 Å². The van der Waals surface area contributed by atoms with Crippen molar-refractivity contribution in [2.24, 2.45) is 4.99 Å². The van der Waals surface area contributed by atoms with Gasteiger partial charge in [0.2, 0.25) is 5.84 Å². The molecule has 1 aliphatic heterocycles. The fraction of sp³-hybridized carbons (Fsp3) is 0.692. The Labute approximate surface area is 103 Å². The molecule has 2 unspecified atom stereocenters. The molecular formula is C13H23N2O2+. The molecule has 4 heteroatoms. The van der Waals surface area contributed by atoms with Crippen molar-refractivity contribution < 1.29 is 14.4 Å². The van der Waals surface area contributed by atoms with E-state index in [1.807, 2.05) is 20.2 Å². The summed E-state index contributed by atoms with van der Waals surface area (Å²) in [5.74, 6) is 0.123. The molecule has 0 amide bonds. The summed E-state index contributed by atoms with van der Waals surface area (Å²) in [6.45, 7) is 4.05. The molecule has 1 N–H and O–H groups in total. The summed E-state index contributed by atoms with van der Waals surface area (Å²) in [5.41, 5.74) is 0.